The molecule has 0 spiro atoms. The number of carbonyl (C=O) groups is 4. The summed E-state index contributed by atoms with van der Waals surface area (Å²) in [6.45, 7) is 0. The number of hydrogen-bond acceptors (Lipinski definition) is 5. The topological polar surface area (TPSA) is 92.3 Å². The van der Waals surface area contributed by atoms with Crippen molar-refractivity contribution in [3.8, 4) is 0 Å². The number of amides is 3. The summed E-state index contributed by atoms with van der Waals surface area (Å²) in [5.41, 5.74) is 0. The second-order valence-corrected chi connectivity index (χ2v) is 8.70. The highest BCUT2D eigenvalue weighted by Crippen LogP contribution is 2.44. The van der Waals surface area contributed by atoms with Crippen LogP contribution in [0.2, 0.25) is 0 Å². The normalized spacial score (nSPS) is 39.0. The third-order valence-electron chi connectivity index (χ3n) is 5.72. The Hall–Kier alpha value is -1.37. The lowest BCUT2D eigenvalue weighted by atomic mass is 9.79. The van der Waals surface area contributed by atoms with Crippen LogP contribution in [0, 0.1) is 23.7 Å². The predicted octanol–water partition coefficient (Wildman–Crippen LogP) is 0.891. The van der Waals surface area contributed by atoms with Gasteiger partial charge in [-0.3, -0.25) is 19.7 Å². The molecule has 2 N–H and O–H groups in total. The number of fused-ring (bicyclic) bond motifs is 1. The number of hydrogen-bond donors (Lipinski definition) is 2. The van der Waals surface area contributed by atoms with Crippen LogP contribution in [0.1, 0.15) is 38.5 Å². The maximum atomic E-state index is 11.9. The first kappa shape index (κ1) is 17.5. The van der Waals surface area contributed by atoms with Crippen molar-refractivity contribution < 1.29 is 19.2 Å². The molecule has 1 aliphatic heterocycles. The zero-order valence-corrected chi connectivity index (χ0v) is 14.6. The molecular weight excluding hydrogens is 328 g/mol. The van der Waals surface area contributed by atoms with Crippen molar-refractivity contribution in [1.82, 2.24) is 10.6 Å². The van der Waals surface area contributed by atoms with Gasteiger partial charge < -0.3 is 10.1 Å². The molecule has 7 heteroatoms. The minimum atomic E-state index is -0.219. The smallest absolute Gasteiger partial charge is 0.230 e. The van der Waals surface area contributed by atoms with Crippen molar-refractivity contribution in [2.75, 3.05) is 7.05 Å². The summed E-state index contributed by atoms with van der Waals surface area (Å²) >= 11 is 1.85. The van der Waals surface area contributed by atoms with Crippen LogP contribution in [0.5, 0.6) is 0 Å². The monoisotopic (exact) mass is 352 g/mol. The second-order valence-electron chi connectivity index (χ2n) is 7.09. The number of carbonyl (C=O) groups excluding carboxylic acids is 4. The molecule has 24 heavy (non-hydrogen) atoms. The zero-order valence-electron chi connectivity index (χ0n) is 13.8. The van der Waals surface area contributed by atoms with E-state index in [4.69, 9.17) is 0 Å². The van der Waals surface area contributed by atoms with Gasteiger partial charge in [-0.2, -0.15) is 11.8 Å². The van der Waals surface area contributed by atoms with Crippen molar-refractivity contribution in [3.63, 3.8) is 0 Å². The summed E-state index contributed by atoms with van der Waals surface area (Å²) in [6.07, 6.45) is 5.75. The summed E-state index contributed by atoms with van der Waals surface area (Å²) in [4.78, 5) is 46.8. The molecule has 0 aromatic rings. The van der Waals surface area contributed by atoms with Gasteiger partial charge in [-0.05, 0) is 38.5 Å². The van der Waals surface area contributed by atoms with E-state index in [1.54, 1.807) is 7.05 Å². The highest BCUT2D eigenvalue weighted by molar-refractivity contribution is 8.00. The molecule has 3 aliphatic rings. The van der Waals surface area contributed by atoms with Gasteiger partial charge in [0.1, 0.15) is 6.29 Å². The lowest BCUT2D eigenvalue weighted by molar-refractivity contribution is -0.130. The van der Waals surface area contributed by atoms with Gasteiger partial charge in [-0.25, -0.2) is 0 Å². The Bertz CT molecular complexity index is 553. The van der Waals surface area contributed by atoms with E-state index in [1.807, 2.05) is 11.8 Å². The number of rotatable bonds is 4. The average molecular weight is 352 g/mol. The first-order valence-electron chi connectivity index (χ1n) is 8.70. The summed E-state index contributed by atoms with van der Waals surface area (Å²) < 4.78 is 0. The molecule has 6 atom stereocenters. The molecule has 6 unspecified atom stereocenters. The highest BCUT2D eigenvalue weighted by Gasteiger charge is 2.46. The van der Waals surface area contributed by atoms with E-state index in [0.29, 0.717) is 10.5 Å². The molecule has 3 fully saturated rings. The largest absolute Gasteiger partial charge is 0.359 e. The Labute approximate surface area is 145 Å². The molecule has 3 amide bonds. The summed E-state index contributed by atoms with van der Waals surface area (Å²) in [5, 5.41) is 5.80. The molecular formula is C17H24N2O4S. The molecule has 2 aliphatic carbocycles. The van der Waals surface area contributed by atoms with Crippen LogP contribution in [-0.2, 0) is 19.2 Å². The Kier molecular flexibility index (Phi) is 5.27. The fourth-order valence-corrected chi connectivity index (χ4v) is 6.13. The van der Waals surface area contributed by atoms with Crippen LogP contribution >= 0.6 is 11.8 Å². The molecule has 0 radical (unpaired) electrons. The lowest BCUT2D eigenvalue weighted by Gasteiger charge is -2.36. The van der Waals surface area contributed by atoms with E-state index in [-0.39, 0.29) is 41.4 Å². The maximum Gasteiger partial charge on any atom is 0.230 e. The van der Waals surface area contributed by atoms with Gasteiger partial charge in [0, 0.05) is 29.4 Å². The first-order chi connectivity index (χ1) is 11.5. The summed E-state index contributed by atoms with van der Waals surface area (Å²) in [5.74, 6) is -1.02. The second kappa shape index (κ2) is 7.25. The number of aldehydes is 1. The molecule has 0 aromatic heterocycles. The predicted molar refractivity (Wildman–Crippen MR) is 90.1 cm³/mol. The third-order valence-corrected chi connectivity index (χ3v) is 7.34. The molecule has 0 aromatic carbocycles. The van der Waals surface area contributed by atoms with Crippen molar-refractivity contribution >= 4 is 35.8 Å². The van der Waals surface area contributed by atoms with Crippen molar-refractivity contribution in [2.24, 2.45) is 23.7 Å². The quantitative estimate of drug-likeness (QED) is 0.579. The SMILES string of the molecule is CNC(=O)C1CCC(SC2CCC3C(=O)NC(=O)C3C2)CC1C=O. The molecule has 1 saturated heterocycles. The van der Waals surface area contributed by atoms with Crippen molar-refractivity contribution in [2.45, 2.75) is 49.0 Å². The van der Waals surface area contributed by atoms with Crippen molar-refractivity contribution in [3.05, 3.63) is 0 Å². The van der Waals surface area contributed by atoms with Crippen LogP contribution in [0.15, 0.2) is 0 Å². The number of nitrogens with one attached hydrogen (secondary N) is 2. The average Bonchev–Trinajstić information content (AvgIpc) is 2.88. The summed E-state index contributed by atoms with van der Waals surface area (Å²) in [7, 11) is 1.61. The van der Waals surface area contributed by atoms with Crippen LogP contribution < -0.4 is 10.6 Å². The first-order valence-corrected chi connectivity index (χ1v) is 9.64. The van der Waals surface area contributed by atoms with E-state index < -0.39 is 0 Å². The fraction of sp³-hybridized carbons (Fsp3) is 0.765. The minimum absolute atomic E-state index is 0.0443. The lowest BCUT2D eigenvalue weighted by Crippen LogP contribution is -2.39. The van der Waals surface area contributed by atoms with Gasteiger partial charge in [0.15, 0.2) is 0 Å². The van der Waals surface area contributed by atoms with Gasteiger partial charge >= 0.3 is 0 Å². The molecule has 3 rings (SSSR count). The fourth-order valence-electron chi connectivity index (χ4n) is 4.39. The molecule has 1 heterocycles. The van der Waals surface area contributed by atoms with Crippen LogP contribution in [-0.4, -0.2) is 41.6 Å². The van der Waals surface area contributed by atoms with Crippen LogP contribution in [0.25, 0.3) is 0 Å². The van der Waals surface area contributed by atoms with Crippen LogP contribution in [0.4, 0.5) is 0 Å². The van der Waals surface area contributed by atoms with E-state index in [9.17, 15) is 19.2 Å². The van der Waals surface area contributed by atoms with E-state index in [0.717, 1.165) is 44.8 Å². The summed E-state index contributed by atoms with van der Waals surface area (Å²) in [6, 6.07) is 0. The van der Waals surface area contributed by atoms with Gasteiger partial charge in [0.05, 0.1) is 11.8 Å². The Morgan fingerprint density at radius 2 is 1.75 bits per heavy atom. The van der Waals surface area contributed by atoms with E-state index >= 15 is 0 Å². The molecule has 2 saturated carbocycles. The third kappa shape index (κ3) is 3.36. The molecule has 0 bridgehead atoms. The Morgan fingerprint density at radius 1 is 1.08 bits per heavy atom. The van der Waals surface area contributed by atoms with Crippen molar-refractivity contribution in [1.29, 1.82) is 0 Å². The number of thioether (sulfide) groups is 1. The molecule has 6 nitrogen and oxygen atoms in total. The maximum absolute atomic E-state index is 11.9. The van der Waals surface area contributed by atoms with E-state index in [2.05, 4.69) is 10.6 Å². The molecule has 132 valence electrons. The van der Waals surface area contributed by atoms with Gasteiger partial charge in [-0.1, -0.05) is 0 Å². The minimum Gasteiger partial charge on any atom is -0.359 e. The Balaban J connectivity index is 1.56. The number of imide groups is 1. The van der Waals surface area contributed by atoms with Crippen LogP contribution in [0.3, 0.4) is 0 Å². The zero-order chi connectivity index (χ0) is 17.3. The van der Waals surface area contributed by atoms with Gasteiger partial charge in [-0.15, -0.1) is 0 Å². The van der Waals surface area contributed by atoms with Gasteiger partial charge in [0.25, 0.3) is 0 Å². The van der Waals surface area contributed by atoms with Gasteiger partial charge in [0.2, 0.25) is 17.7 Å². The Morgan fingerprint density at radius 3 is 2.46 bits per heavy atom. The highest BCUT2D eigenvalue weighted by atomic mass is 32.2. The van der Waals surface area contributed by atoms with E-state index in [1.165, 1.54) is 0 Å². The standard InChI is InChI=1S/C17H24N2O4S/c1-18-15(21)12-4-2-10(6-9(12)8-20)24-11-3-5-13-14(7-11)17(23)19-16(13)22/h8-14H,2-7H2,1H3,(H,18,21)(H,19,22,23).